The second kappa shape index (κ2) is 9.55. The topological polar surface area (TPSA) is 32.1 Å². The van der Waals surface area contributed by atoms with Crippen LogP contribution in [0.4, 0.5) is 0 Å². The number of allylic oxidation sites excluding steroid dienone is 1. The second-order valence-corrected chi connectivity index (χ2v) is 5.17. The summed E-state index contributed by atoms with van der Waals surface area (Å²) in [5.74, 6) is 0.930. The third-order valence-electron chi connectivity index (χ3n) is 3.62. The van der Waals surface area contributed by atoms with E-state index in [2.05, 4.69) is 12.6 Å². The van der Waals surface area contributed by atoms with Gasteiger partial charge in [0, 0.05) is 0 Å². The number of rotatable bonds is 9. The van der Waals surface area contributed by atoms with Gasteiger partial charge in [-0.3, -0.25) is 0 Å². The molecular weight excluding hydrogens is 266 g/mol. The molecule has 0 spiro atoms. The molecule has 1 N–H and O–H groups in total. The van der Waals surface area contributed by atoms with Crippen LogP contribution in [0.25, 0.3) is 0 Å². The van der Waals surface area contributed by atoms with Gasteiger partial charge in [0.15, 0.2) is 0 Å². The van der Waals surface area contributed by atoms with E-state index >= 15 is 0 Å². The first-order valence-corrected chi connectivity index (χ1v) is 7.71. The first kappa shape index (κ1) is 16.0. The highest BCUT2D eigenvalue weighted by atomic mass is 16.5. The fraction of sp³-hybridized carbons (Fsp3) is 0.529. The van der Waals surface area contributed by atoms with Crippen LogP contribution in [0.3, 0.4) is 0 Å². The molecule has 4 heteroatoms. The van der Waals surface area contributed by atoms with Crippen LogP contribution in [0.5, 0.6) is 5.75 Å². The van der Waals surface area contributed by atoms with E-state index in [0.717, 1.165) is 51.6 Å². The van der Waals surface area contributed by atoms with E-state index in [-0.39, 0.29) is 0 Å². The minimum atomic E-state index is 0.590. The number of quaternary nitrogens is 1. The number of benzene rings is 1. The van der Waals surface area contributed by atoms with E-state index in [1.54, 1.807) is 4.90 Å². The standard InChI is InChI=1S/C17H25NO3/c1-2-5-16-6-3-4-7-17(16)21-15-14-20-13-10-18-8-11-19-12-9-18/h2-4,6-7H,1,5,8-15H2/p+1. The number of nitrogens with one attached hydrogen (secondary N) is 1. The van der Waals surface area contributed by atoms with Gasteiger partial charge in [-0.05, 0) is 18.1 Å². The van der Waals surface area contributed by atoms with E-state index in [1.807, 2.05) is 24.3 Å². The Labute approximate surface area is 127 Å². The fourth-order valence-electron chi connectivity index (χ4n) is 2.41. The van der Waals surface area contributed by atoms with Crippen molar-refractivity contribution in [2.24, 2.45) is 0 Å². The Balaban J connectivity index is 1.58. The summed E-state index contributed by atoms with van der Waals surface area (Å²) in [5.41, 5.74) is 1.17. The molecule has 0 aromatic heterocycles. The van der Waals surface area contributed by atoms with Crippen molar-refractivity contribution in [2.45, 2.75) is 6.42 Å². The Kier molecular flexibility index (Phi) is 7.29. The van der Waals surface area contributed by atoms with Crippen molar-refractivity contribution in [3.63, 3.8) is 0 Å². The quantitative estimate of drug-likeness (QED) is 0.538. The first-order valence-electron chi connectivity index (χ1n) is 7.71. The summed E-state index contributed by atoms with van der Waals surface area (Å²) in [7, 11) is 0. The van der Waals surface area contributed by atoms with Crippen molar-refractivity contribution in [1.29, 1.82) is 0 Å². The molecule has 1 saturated heterocycles. The zero-order valence-corrected chi connectivity index (χ0v) is 12.7. The van der Waals surface area contributed by atoms with Gasteiger partial charge >= 0.3 is 0 Å². The molecule has 0 bridgehead atoms. The minimum Gasteiger partial charge on any atom is -0.491 e. The van der Waals surface area contributed by atoms with Crippen LogP contribution in [0.1, 0.15) is 5.56 Å². The summed E-state index contributed by atoms with van der Waals surface area (Å²) in [6.45, 7) is 10.8. The number of para-hydroxylation sites is 1. The van der Waals surface area contributed by atoms with Gasteiger partial charge in [-0.25, -0.2) is 0 Å². The maximum Gasteiger partial charge on any atom is 0.122 e. The van der Waals surface area contributed by atoms with Gasteiger partial charge in [0.2, 0.25) is 0 Å². The summed E-state index contributed by atoms with van der Waals surface area (Å²) >= 11 is 0. The lowest BCUT2D eigenvalue weighted by Gasteiger charge is -2.23. The SMILES string of the molecule is C=CCc1ccccc1OCCOCC[NH+]1CCOCC1. The average Bonchev–Trinajstić information content (AvgIpc) is 2.53. The molecular formula is C17H26NO3+. The van der Waals surface area contributed by atoms with E-state index in [9.17, 15) is 0 Å². The predicted octanol–water partition coefficient (Wildman–Crippen LogP) is 0.726. The van der Waals surface area contributed by atoms with Crippen molar-refractivity contribution in [3.05, 3.63) is 42.5 Å². The third kappa shape index (κ3) is 5.87. The van der Waals surface area contributed by atoms with E-state index < -0.39 is 0 Å². The molecule has 0 aliphatic carbocycles. The fourth-order valence-corrected chi connectivity index (χ4v) is 2.41. The maximum atomic E-state index is 5.78. The Hall–Kier alpha value is -1.36. The Morgan fingerprint density at radius 1 is 1.14 bits per heavy atom. The van der Waals surface area contributed by atoms with Crippen LogP contribution in [-0.4, -0.2) is 52.7 Å². The molecule has 0 atom stereocenters. The lowest BCUT2D eigenvalue weighted by molar-refractivity contribution is -0.908. The molecule has 0 amide bonds. The Morgan fingerprint density at radius 3 is 2.76 bits per heavy atom. The monoisotopic (exact) mass is 292 g/mol. The molecule has 0 unspecified atom stereocenters. The van der Waals surface area contributed by atoms with Crippen LogP contribution in [0.2, 0.25) is 0 Å². The Morgan fingerprint density at radius 2 is 1.95 bits per heavy atom. The molecule has 0 radical (unpaired) electrons. The maximum absolute atomic E-state index is 5.78. The third-order valence-corrected chi connectivity index (χ3v) is 3.62. The zero-order chi connectivity index (χ0) is 14.8. The van der Waals surface area contributed by atoms with Crippen molar-refractivity contribution in [2.75, 3.05) is 52.7 Å². The number of ether oxygens (including phenoxy) is 3. The average molecular weight is 292 g/mol. The molecule has 4 nitrogen and oxygen atoms in total. The molecule has 1 aromatic rings. The van der Waals surface area contributed by atoms with Gasteiger partial charge in [0.1, 0.15) is 32.0 Å². The van der Waals surface area contributed by atoms with Gasteiger partial charge in [0.05, 0.1) is 26.4 Å². The minimum absolute atomic E-state index is 0.590. The number of hydrogen-bond donors (Lipinski definition) is 1. The van der Waals surface area contributed by atoms with Crippen LogP contribution in [0, 0.1) is 0 Å². The van der Waals surface area contributed by atoms with E-state index in [4.69, 9.17) is 14.2 Å². The van der Waals surface area contributed by atoms with Crippen LogP contribution in [-0.2, 0) is 15.9 Å². The predicted molar refractivity (Wildman–Crippen MR) is 83.0 cm³/mol. The summed E-state index contributed by atoms with van der Waals surface area (Å²) < 4.78 is 16.8. The summed E-state index contributed by atoms with van der Waals surface area (Å²) in [5, 5.41) is 0. The molecule has 1 fully saturated rings. The largest absolute Gasteiger partial charge is 0.491 e. The number of morpholine rings is 1. The summed E-state index contributed by atoms with van der Waals surface area (Å²) in [6.07, 6.45) is 2.72. The Bertz CT molecular complexity index is 416. The van der Waals surface area contributed by atoms with Gasteiger partial charge in [-0.2, -0.15) is 0 Å². The molecule has 21 heavy (non-hydrogen) atoms. The molecule has 1 heterocycles. The summed E-state index contributed by atoms with van der Waals surface area (Å²) in [4.78, 5) is 1.57. The van der Waals surface area contributed by atoms with Crippen molar-refractivity contribution in [3.8, 4) is 5.75 Å². The van der Waals surface area contributed by atoms with Crippen molar-refractivity contribution >= 4 is 0 Å². The molecule has 1 aliphatic heterocycles. The molecule has 0 saturated carbocycles. The first-order chi connectivity index (χ1) is 10.4. The number of hydrogen-bond acceptors (Lipinski definition) is 3. The molecule has 1 aromatic carbocycles. The van der Waals surface area contributed by atoms with Crippen molar-refractivity contribution in [1.82, 2.24) is 0 Å². The van der Waals surface area contributed by atoms with Gasteiger partial charge in [0.25, 0.3) is 0 Å². The molecule has 116 valence electrons. The lowest BCUT2D eigenvalue weighted by Crippen LogP contribution is -3.14. The van der Waals surface area contributed by atoms with Crippen LogP contribution in [0.15, 0.2) is 36.9 Å². The van der Waals surface area contributed by atoms with Crippen molar-refractivity contribution < 1.29 is 19.1 Å². The lowest BCUT2D eigenvalue weighted by atomic mass is 10.1. The highest BCUT2D eigenvalue weighted by molar-refractivity contribution is 5.34. The van der Waals surface area contributed by atoms with Gasteiger partial charge in [-0.15, -0.1) is 6.58 Å². The summed E-state index contributed by atoms with van der Waals surface area (Å²) in [6, 6.07) is 8.08. The highest BCUT2D eigenvalue weighted by Gasteiger charge is 2.12. The smallest absolute Gasteiger partial charge is 0.122 e. The van der Waals surface area contributed by atoms with Gasteiger partial charge < -0.3 is 19.1 Å². The second-order valence-electron chi connectivity index (χ2n) is 5.17. The van der Waals surface area contributed by atoms with E-state index in [0.29, 0.717) is 13.2 Å². The zero-order valence-electron chi connectivity index (χ0n) is 12.7. The highest BCUT2D eigenvalue weighted by Crippen LogP contribution is 2.18. The van der Waals surface area contributed by atoms with Crippen LogP contribution >= 0.6 is 0 Å². The van der Waals surface area contributed by atoms with E-state index in [1.165, 1.54) is 5.56 Å². The van der Waals surface area contributed by atoms with Gasteiger partial charge in [-0.1, -0.05) is 24.3 Å². The molecule has 2 rings (SSSR count). The van der Waals surface area contributed by atoms with Crippen LogP contribution < -0.4 is 9.64 Å². The molecule has 1 aliphatic rings. The normalized spacial score (nSPS) is 15.8.